The molecule has 0 aliphatic heterocycles. The lowest BCUT2D eigenvalue weighted by atomic mass is 9.96. The summed E-state index contributed by atoms with van der Waals surface area (Å²) in [5, 5.41) is 2.73. The van der Waals surface area contributed by atoms with Gasteiger partial charge in [0.2, 0.25) is 0 Å². The lowest BCUT2D eigenvalue weighted by Crippen LogP contribution is -1.88. The zero-order valence-electron chi connectivity index (χ0n) is 9.87. The molecule has 2 aromatic rings. The molecule has 0 bridgehead atoms. The number of hydrogen-bond acceptors (Lipinski definition) is 1. The monoisotopic (exact) mass is 251 g/mol. The van der Waals surface area contributed by atoms with Gasteiger partial charge in [0, 0.05) is 4.57 Å². The first-order valence-corrected chi connectivity index (χ1v) is 6.51. The minimum absolute atomic E-state index is 0.603. The van der Waals surface area contributed by atoms with Crippen LogP contribution in [-0.2, 0) is 4.57 Å². The summed E-state index contributed by atoms with van der Waals surface area (Å²) >= 11 is 0. The van der Waals surface area contributed by atoms with E-state index in [1.165, 1.54) is 16.3 Å². The topological polar surface area (TPSA) is 57.5 Å². The van der Waals surface area contributed by atoms with Gasteiger partial charge in [0.15, 0.2) is 0 Å². The molecule has 2 N–H and O–H groups in total. The second-order valence-electron chi connectivity index (χ2n) is 3.98. The van der Waals surface area contributed by atoms with Crippen LogP contribution in [0, 0.1) is 0 Å². The number of rotatable bonds is 1. The van der Waals surface area contributed by atoms with Crippen LogP contribution < -0.4 is 0 Å². The molecule has 4 heteroatoms. The summed E-state index contributed by atoms with van der Waals surface area (Å²) in [5.41, 5.74) is 1.44. The molecule has 0 radical (unpaired) electrons. The van der Waals surface area contributed by atoms with Crippen LogP contribution in [0.4, 0.5) is 0 Å². The molecule has 0 spiro atoms. The Hall–Kier alpha value is -1.28. The van der Waals surface area contributed by atoms with Crippen molar-refractivity contribution in [2.24, 2.45) is 0 Å². The quantitative estimate of drug-likeness (QED) is 0.761. The van der Waals surface area contributed by atoms with Gasteiger partial charge in [-0.15, -0.1) is 9.79 Å². The van der Waals surface area contributed by atoms with E-state index in [0.717, 1.165) is 0 Å². The van der Waals surface area contributed by atoms with Gasteiger partial charge in [0.05, 0.1) is 0 Å². The van der Waals surface area contributed by atoms with Crippen LogP contribution in [0.3, 0.4) is 0 Å². The molecule has 3 nitrogen and oxygen atoms in total. The Bertz CT molecular complexity index is 499. The second-order valence-corrected chi connectivity index (χ2v) is 4.48. The lowest BCUT2D eigenvalue weighted by molar-refractivity contribution is 0.405. The van der Waals surface area contributed by atoms with Crippen molar-refractivity contribution >= 4 is 19.0 Å². The van der Waals surface area contributed by atoms with Gasteiger partial charge in [-0.2, -0.15) is 0 Å². The van der Waals surface area contributed by atoms with Gasteiger partial charge in [-0.3, -0.25) is 0 Å². The molecule has 2 aromatic carbocycles. The van der Waals surface area contributed by atoms with Crippen molar-refractivity contribution in [2.75, 3.05) is 0 Å². The van der Waals surface area contributed by atoms with Crippen LogP contribution in [0.1, 0.15) is 25.3 Å². The fraction of sp³-hybridized carbons (Fsp3) is 0.231. The normalized spacial score (nSPS) is 9.94. The third kappa shape index (κ3) is 4.23. The first-order chi connectivity index (χ1) is 8.02. The molecule has 0 fully saturated rings. The SMILES string of the molecule is CC(C)c1cccc2ccccc12.O=[P+](O)O. The fourth-order valence-corrected chi connectivity index (χ4v) is 1.75. The van der Waals surface area contributed by atoms with E-state index in [9.17, 15) is 0 Å². The largest absolute Gasteiger partial charge is 0.692 e. The maximum absolute atomic E-state index is 8.70. The minimum Gasteiger partial charge on any atom is -0.134 e. The standard InChI is InChI=1S/C13H14.HO3P/c1-10(2)12-9-5-7-11-6-3-4-8-13(11)12;1-4(2)3/h3-10H,1-2H3;(H-,1,2,3)/p+1. The molecule has 0 aromatic heterocycles. The average Bonchev–Trinajstić information content (AvgIpc) is 2.27. The molecular formula is C13H16O3P+. The smallest absolute Gasteiger partial charge is 0.134 e. The van der Waals surface area contributed by atoms with Crippen LogP contribution in [-0.4, -0.2) is 9.79 Å². The third-order valence-electron chi connectivity index (χ3n) is 2.45. The molecule has 0 amide bonds. The Kier molecular flexibility index (Phi) is 5.23. The van der Waals surface area contributed by atoms with Crippen LogP contribution in [0.2, 0.25) is 0 Å². The molecule has 0 aliphatic rings. The van der Waals surface area contributed by atoms with E-state index in [2.05, 4.69) is 56.3 Å². The van der Waals surface area contributed by atoms with Crippen molar-refractivity contribution in [3.8, 4) is 0 Å². The Morgan fingerprint density at radius 3 is 2.12 bits per heavy atom. The van der Waals surface area contributed by atoms with E-state index in [-0.39, 0.29) is 0 Å². The summed E-state index contributed by atoms with van der Waals surface area (Å²) in [6.07, 6.45) is 0. The summed E-state index contributed by atoms with van der Waals surface area (Å²) in [6, 6.07) is 15.1. The maximum Gasteiger partial charge on any atom is 0.692 e. The zero-order valence-corrected chi connectivity index (χ0v) is 10.8. The number of benzene rings is 2. The van der Waals surface area contributed by atoms with Crippen molar-refractivity contribution in [1.82, 2.24) is 0 Å². The summed E-state index contributed by atoms with van der Waals surface area (Å²) in [7, 11) is -2.87. The highest BCUT2D eigenvalue weighted by molar-refractivity contribution is 7.30. The fourth-order valence-electron chi connectivity index (χ4n) is 1.75. The van der Waals surface area contributed by atoms with Crippen molar-refractivity contribution in [2.45, 2.75) is 19.8 Å². The van der Waals surface area contributed by atoms with E-state index < -0.39 is 8.25 Å². The van der Waals surface area contributed by atoms with Gasteiger partial charge in [0.1, 0.15) is 0 Å². The van der Waals surface area contributed by atoms with Crippen LogP contribution in [0.15, 0.2) is 42.5 Å². The summed E-state index contributed by atoms with van der Waals surface area (Å²) in [4.78, 5) is 14.2. The molecule has 0 unspecified atom stereocenters. The first kappa shape index (κ1) is 13.8. The van der Waals surface area contributed by atoms with Gasteiger partial charge in [-0.25, -0.2) is 0 Å². The van der Waals surface area contributed by atoms with E-state index in [1.54, 1.807) is 0 Å². The minimum atomic E-state index is -2.87. The van der Waals surface area contributed by atoms with Gasteiger partial charge in [0.25, 0.3) is 0 Å². The molecule has 2 rings (SSSR count). The van der Waals surface area contributed by atoms with Crippen molar-refractivity contribution in [1.29, 1.82) is 0 Å². The predicted octanol–water partition coefficient (Wildman–Crippen LogP) is 3.59. The van der Waals surface area contributed by atoms with E-state index in [1.807, 2.05) is 0 Å². The Labute approximate surface area is 102 Å². The van der Waals surface area contributed by atoms with Crippen molar-refractivity contribution in [3.05, 3.63) is 48.0 Å². The molecule has 17 heavy (non-hydrogen) atoms. The molecule has 0 saturated carbocycles. The summed E-state index contributed by atoms with van der Waals surface area (Å²) < 4.78 is 8.70. The second kappa shape index (κ2) is 6.45. The zero-order chi connectivity index (χ0) is 12.8. The third-order valence-corrected chi connectivity index (χ3v) is 2.45. The van der Waals surface area contributed by atoms with Gasteiger partial charge < -0.3 is 0 Å². The van der Waals surface area contributed by atoms with Crippen LogP contribution in [0.5, 0.6) is 0 Å². The van der Waals surface area contributed by atoms with Crippen molar-refractivity contribution < 1.29 is 14.4 Å². The van der Waals surface area contributed by atoms with Gasteiger partial charge in [-0.05, 0) is 22.3 Å². The lowest BCUT2D eigenvalue weighted by Gasteiger charge is -2.08. The molecular weight excluding hydrogens is 235 g/mol. The predicted molar refractivity (Wildman–Crippen MR) is 70.1 cm³/mol. The maximum atomic E-state index is 8.70. The first-order valence-electron chi connectivity index (χ1n) is 5.35. The summed E-state index contributed by atoms with van der Waals surface area (Å²) in [5.74, 6) is 0.603. The highest BCUT2D eigenvalue weighted by Crippen LogP contribution is 2.24. The van der Waals surface area contributed by atoms with Crippen LogP contribution in [0.25, 0.3) is 10.8 Å². The highest BCUT2D eigenvalue weighted by atomic mass is 31.1. The Balaban J connectivity index is 0.000000317. The molecule has 90 valence electrons. The highest BCUT2D eigenvalue weighted by Gasteiger charge is 2.02. The van der Waals surface area contributed by atoms with Gasteiger partial charge >= 0.3 is 8.25 Å². The molecule has 0 aliphatic carbocycles. The Morgan fingerprint density at radius 1 is 1.00 bits per heavy atom. The Morgan fingerprint density at radius 2 is 1.53 bits per heavy atom. The molecule has 0 heterocycles. The molecule has 0 saturated heterocycles. The van der Waals surface area contributed by atoms with E-state index in [0.29, 0.717) is 5.92 Å². The molecule has 0 atom stereocenters. The summed E-state index contributed by atoms with van der Waals surface area (Å²) in [6.45, 7) is 4.48. The average molecular weight is 251 g/mol. The number of fused-ring (bicyclic) bond motifs is 1. The number of hydrogen-bond donors (Lipinski definition) is 2. The van der Waals surface area contributed by atoms with Gasteiger partial charge in [-0.1, -0.05) is 56.3 Å². The van der Waals surface area contributed by atoms with E-state index >= 15 is 0 Å². The van der Waals surface area contributed by atoms with Crippen LogP contribution >= 0.6 is 8.25 Å². The van der Waals surface area contributed by atoms with E-state index in [4.69, 9.17) is 14.4 Å². The van der Waals surface area contributed by atoms with Crippen molar-refractivity contribution in [3.63, 3.8) is 0 Å².